The summed E-state index contributed by atoms with van der Waals surface area (Å²) in [5, 5.41) is 1.35. The summed E-state index contributed by atoms with van der Waals surface area (Å²) in [5.41, 5.74) is 1.01. The molecule has 1 fully saturated rings. The third kappa shape index (κ3) is 4.40. The van der Waals surface area contributed by atoms with E-state index in [2.05, 4.69) is 0 Å². The number of rotatable bonds is 4. The molecule has 0 saturated carbocycles. The molecule has 0 aromatic heterocycles. The summed E-state index contributed by atoms with van der Waals surface area (Å²) in [6, 6.07) is 5.40. The van der Waals surface area contributed by atoms with Gasteiger partial charge in [0.25, 0.3) is 0 Å². The predicted molar refractivity (Wildman–Crippen MR) is 83.4 cm³/mol. The second kappa shape index (κ2) is 6.83. The van der Waals surface area contributed by atoms with Crippen molar-refractivity contribution in [2.45, 2.75) is 25.0 Å². The molecule has 1 aliphatic heterocycles. The molecule has 1 heterocycles. The van der Waals surface area contributed by atoms with E-state index in [-0.39, 0.29) is 16.3 Å². The number of carbonyl (C=O) groups is 2. The molecular formula is C14H15Cl2NO2S. The van der Waals surface area contributed by atoms with E-state index in [1.165, 1.54) is 18.7 Å². The minimum Gasteiger partial charge on any atom is -0.341 e. The Balaban J connectivity index is 1.90. The molecule has 1 atom stereocenters. The maximum atomic E-state index is 11.9. The van der Waals surface area contributed by atoms with E-state index in [0.717, 1.165) is 5.56 Å². The molecular weight excluding hydrogens is 317 g/mol. The van der Waals surface area contributed by atoms with Gasteiger partial charge in [-0.2, -0.15) is 0 Å². The van der Waals surface area contributed by atoms with Gasteiger partial charge in [-0.1, -0.05) is 35.0 Å². The van der Waals surface area contributed by atoms with E-state index >= 15 is 0 Å². The highest BCUT2D eigenvalue weighted by Gasteiger charge is 2.30. The van der Waals surface area contributed by atoms with Gasteiger partial charge in [0, 0.05) is 41.7 Å². The number of thioether (sulfide) groups is 1. The van der Waals surface area contributed by atoms with Gasteiger partial charge >= 0.3 is 0 Å². The molecule has 1 aliphatic rings. The average molecular weight is 332 g/mol. The standard InChI is InChI=1S/C14H15Cl2NO2S/c1-9(18)20-13-7-14(19)17(8-13)3-2-10-4-11(15)6-12(16)5-10/h4-6,13H,2-3,7-8H2,1H3. The van der Waals surface area contributed by atoms with E-state index in [1.807, 2.05) is 12.1 Å². The number of carbonyl (C=O) groups excluding carboxylic acids is 2. The lowest BCUT2D eigenvalue weighted by Gasteiger charge is -2.16. The Morgan fingerprint density at radius 1 is 1.35 bits per heavy atom. The fourth-order valence-corrected chi connectivity index (χ4v) is 3.81. The largest absolute Gasteiger partial charge is 0.341 e. The van der Waals surface area contributed by atoms with E-state index in [4.69, 9.17) is 23.2 Å². The normalized spacial score (nSPS) is 18.6. The molecule has 20 heavy (non-hydrogen) atoms. The van der Waals surface area contributed by atoms with Crippen molar-refractivity contribution in [3.8, 4) is 0 Å². The van der Waals surface area contributed by atoms with Crippen LogP contribution in [-0.4, -0.2) is 34.3 Å². The summed E-state index contributed by atoms with van der Waals surface area (Å²) in [6.07, 6.45) is 1.16. The summed E-state index contributed by atoms with van der Waals surface area (Å²) >= 11 is 13.2. The minimum atomic E-state index is 0.0614. The number of hydrogen-bond donors (Lipinski definition) is 0. The summed E-state index contributed by atoms with van der Waals surface area (Å²) < 4.78 is 0. The fourth-order valence-electron chi connectivity index (χ4n) is 2.29. The van der Waals surface area contributed by atoms with Gasteiger partial charge in [-0.3, -0.25) is 9.59 Å². The van der Waals surface area contributed by atoms with Crippen LogP contribution in [0.3, 0.4) is 0 Å². The van der Waals surface area contributed by atoms with Gasteiger partial charge in [-0.25, -0.2) is 0 Å². The maximum absolute atomic E-state index is 11.9. The second-order valence-electron chi connectivity index (χ2n) is 4.80. The average Bonchev–Trinajstić information content (AvgIpc) is 2.64. The van der Waals surface area contributed by atoms with Crippen LogP contribution in [-0.2, 0) is 16.0 Å². The summed E-state index contributed by atoms with van der Waals surface area (Å²) in [4.78, 5) is 24.7. The minimum absolute atomic E-state index is 0.0614. The Kier molecular flexibility index (Phi) is 5.35. The van der Waals surface area contributed by atoms with Crippen LogP contribution in [0.2, 0.25) is 10.0 Å². The van der Waals surface area contributed by atoms with Crippen molar-refractivity contribution in [1.82, 2.24) is 4.90 Å². The van der Waals surface area contributed by atoms with Crippen molar-refractivity contribution in [2.24, 2.45) is 0 Å². The molecule has 0 radical (unpaired) electrons. The molecule has 0 spiro atoms. The maximum Gasteiger partial charge on any atom is 0.223 e. The van der Waals surface area contributed by atoms with Crippen molar-refractivity contribution in [1.29, 1.82) is 0 Å². The lowest BCUT2D eigenvalue weighted by molar-refractivity contribution is -0.127. The van der Waals surface area contributed by atoms with Crippen LogP contribution in [0, 0.1) is 0 Å². The van der Waals surface area contributed by atoms with Gasteiger partial charge in [0.1, 0.15) is 0 Å². The number of hydrogen-bond acceptors (Lipinski definition) is 3. The molecule has 1 aromatic rings. The number of nitrogens with zero attached hydrogens (tertiary/aromatic N) is 1. The molecule has 0 bridgehead atoms. The van der Waals surface area contributed by atoms with Gasteiger partial charge in [0.15, 0.2) is 5.12 Å². The van der Waals surface area contributed by atoms with Crippen LogP contribution in [0.15, 0.2) is 18.2 Å². The predicted octanol–water partition coefficient (Wildman–Crippen LogP) is 3.42. The number of amides is 1. The molecule has 6 heteroatoms. The van der Waals surface area contributed by atoms with Crippen LogP contribution >= 0.6 is 35.0 Å². The van der Waals surface area contributed by atoms with Gasteiger partial charge < -0.3 is 4.90 Å². The topological polar surface area (TPSA) is 37.4 Å². The highest BCUT2D eigenvalue weighted by Crippen LogP contribution is 2.25. The van der Waals surface area contributed by atoms with E-state index < -0.39 is 0 Å². The smallest absolute Gasteiger partial charge is 0.223 e. The Hall–Kier alpha value is -0.710. The van der Waals surface area contributed by atoms with Crippen molar-refractivity contribution in [3.05, 3.63) is 33.8 Å². The molecule has 2 rings (SSSR count). The van der Waals surface area contributed by atoms with Crippen molar-refractivity contribution >= 4 is 46.0 Å². The first-order chi connectivity index (χ1) is 9.44. The van der Waals surface area contributed by atoms with Crippen molar-refractivity contribution < 1.29 is 9.59 Å². The zero-order valence-electron chi connectivity index (χ0n) is 11.1. The molecule has 1 aromatic carbocycles. The highest BCUT2D eigenvalue weighted by atomic mass is 35.5. The van der Waals surface area contributed by atoms with E-state index in [9.17, 15) is 9.59 Å². The van der Waals surface area contributed by atoms with Gasteiger partial charge in [0.2, 0.25) is 5.91 Å². The quantitative estimate of drug-likeness (QED) is 0.848. The van der Waals surface area contributed by atoms with E-state index in [0.29, 0.717) is 36.0 Å². The lowest BCUT2D eigenvalue weighted by Crippen LogP contribution is -2.28. The Morgan fingerprint density at radius 2 is 2.00 bits per heavy atom. The lowest BCUT2D eigenvalue weighted by atomic mass is 10.1. The van der Waals surface area contributed by atoms with Crippen LogP contribution in [0.1, 0.15) is 18.9 Å². The zero-order chi connectivity index (χ0) is 14.7. The first kappa shape index (κ1) is 15.7. The monoisotopic (exact) mass is 331 g/mol. The van der Waals surface area contributed by atoms with Gasteiger partial charge in [-0.05, 0) is 30.2 Å². The van der Waals surface area contributed by atoms with E-state index in [1.54, 1.807) is 11.0 Å². The van der Waals surface area contributed by atoms with Gasteiger partial charge in [0.05, 0.1) is 0 Å². The zero-order valence-corrected chi connectivity index (χ0v) is 13.4. The Labute approximate surface area is 132 Å². The Morgan fingerprint density at radius 3 is 2.60 bits per heavy atom. The Bertz CT molecular complexity index is 516. The molecule has 1 unspecified atom stereocenters. The van der Waals surface area contributed by atoms with Crippen LogP contribution in [0.4, 0.5) is 0 Å². The third-order valence-corrected chi connectivity index (χ3v) is 4.52. The fraction of sp³-hybridized carbons (Fsp3) is 0.429. The number of halogens is 2. The highest BCUT2D eigenvalue weighted by molar-refractivity contribution is 8.14. The molecule has 1 saturated heterocycles. The van der Waals surface area contributed by atoms with Crippen molar-refractivity contribution in [3.63, 3.8) is 0 Å². The molecule has 0 aliphatic carbocycles. The molecule has 1 amide bonds. The van der Waals surface area contributed by atoms with Crippen LogP contribution < -0.4 is 0 Å². The molecule has 0 N–H and O–H groups in total. The molecule has 3 nitrogen and oxygen atoms in total. The summed E-state index contributed by atoms with van der Waals surface area (Å²) in [5.74, 6) is 0.108. The second-order valence-corrected chi connectivity index (χ2v) is 7.15. The van der Waals surface area contributed by atoms with Crippen LogP contribution in [0.5, 0.6) is 0 Å². The SMILES string of the molecule is CC(=O)SC1CC(=O)N(CCc2cc(Cl)cc(Cl)c2)C1. The number of benzene rings is 1. The summed E-state index contributed by atoms with van der Waals surface area (Å²) in [7, 11) is 0. The number of likely N-dealkylation sites (tertiary alicyclic amines) is 1. The first-order valence-corrected chi connectivity index (χ1v) is 7.97. The molecule has 108 valence electrons. The van der Waals surface area contributed by atoms with Crippen molar-refractivity contribution in [2.75, 3.05) is 13.1 Å². The third-order valence-electron chi connectivity index (χ3n) is 3.10. The first-order valence-electron chi connectivity index (χ1n) is 6.34. The van der Waals surface area contributed by atoms with Crippen LogP contribution in [0.25, 0.3) is 0 Å². The summed E-state index contributed by atoms with van der Waals surface area (Å²) in [6.45, 7) is 2.80. The van der Waals surface area contributed by atoms with Gasteiger partial charge in [-0.15, -0.1) is 0 Å².